The summed E-state index contributed by atoms with van der Waals surface area (Å²) >= 11 is 0. The van der Waals surface area contributed by atoms with E-state index in [9.17, 15) is 28.0 Å². The standard InChI is InChI=1S/C21H19F2N3O5/c22-12-5-8-14(16(23)9-12)20(29)24-10-19(28)31-11-18(27)26-17-4-2-1-3-15(17)21(30)25-13-6-7-13/h1-5,8-9,13H,6-7,10-11H2,(H,24,29)(H,25,30)(H,26,27). The van der Waals surface area contributed by atoms with E-state index in [4.69, 9.17) is 4.74 Å². The molecule has 0 radical (unpaired) electrons. The first-order valence-corrected chi connectivity index (χ1v) is 9.42. The van der Waals surface area contributed by atoms with Gasteiger partial charge in [0.15, 0.2) is 6.61 Å². The maximum absolute atomic E-state index is 13.6. The first-order valence-electron chi connectivity index (χ1n) is 9.42. The number of carbonyl (C=O) groups excluding carboxylic acids is 4. The quantitative estimate of drug-likeness (QED) is 0.552. The van der Waals surface area contributed by atoms with Gasteiger partial charge in [-0.25, -0.2) is 8.78 Å². The van der Waals surface area contributed by atoms with Gasteiger partial charge in [-0.2, -0.15) is 0 Å². The second-order valence-electron chi connectivity index (χ2n) is 6.81. The Hall–Kier alpha value is -3.82. The Kier molecular flexibility index (Phi) is 6.91. The number of ether oxygens (including phenoxy) is 1. The van der Waals surface area contributed by atoms with Crippen molar-refractivity contribution in [3.63, 3.8) is 0 Å². The van der Waals surface area contributed by atoms with Crippen LogP contribution in [-0.4, -0.2) is 42.9 Å². The predicted octanol–water partition coefficient (Wildman–Crippen LogP) is 1.77. The van der Waals surface area contributed by atoms with E-state index in [-0.39, 0.29) is 23.2 Å². The van der Waals surface area contributed by atoms with Crippen molar-refractivity contribution in [2.75, 3.05) is 18.5 Å². The SMILES string of the molecule is O=C(COC(=O)CNC(=O)c1ccc(F)cc1F)Nc1ccccc1C(=O)NC1CC1. The van der Waals surface area contributed by atoms with Crippen LogP contribution in [0.3, 0.4) is 0 Å². The fourth-order valence-electron chi connectivity index (χ4n) is 2.59. The Morgan fingerprint density at radius 2 is 1.71 bits per heavy atom. The molecule has 3 rings (SSSR count). The molecule has 1 aliphatic rings. The highest BCUT2D eigenvalue weighted by molar-refractivity contribution is 6.04. The molecule has 10 heteroatoms. The normalized spacial score (nSPS) is 12.6. The van der Waals surface area contributed by atoms with Crippen LogP contribution in [0.4, 0.5) is 14.5 Å². The van der Waals surface area contributed by atoms with Gasteiger partial charge in [-0.05, 0) is 37.1 Å². The lowest BCUT2D eigenvalue weighted by molar-refractivity contribution is -0.146. The van der Waals surface area contributed by atoms with Crippen molar-refractivity contribution in [3.8, 4) is 0 Å². The van der Waals surface area contributed by atoms with Crippen molar-refractivity contribution in [1.29, 1.82) is 0 Å². The zero-order valence-electron chi connectivity index (χ0n) is 16.2. The number of rotatable bonds is 8. The van der Waals surface area contributed by atoms with Gasteiger partial charge in [0.05, 0.1) is 16.8 Å². The van der Waals surface area contributed by atoms with Crippen LogP contribution in [0, 0.1) is 11.6 Å². The minimum atomic E-state index is -1.07. The summed E-state index contributed by atoms with van der Waals surface area (Å²) in [5.41, 5.74) is 0.109. The lowest BCUT2D eigenvalue weighted by atomic mass is 10.1. The summed E-state index contributed by atoms with van der Waals surface area (Å²) in [5.74, 6) is -4.79. The summed E-state index contributed by atoms with van der Waals surface area (Å²) < 4.78 is 31.2. The molecular formula is C21H19F2N3O5. The molecule has 3 amide bonds. The lowest BCUT2D eigenvalue weighted by Gasteiger charge is -2.11. The predicted molar refractivity (Wildman–Crippen MR) is 105 cm³/mol. The molecule has 0 aromatic heterocycles. The third kappa shape index (κ3) is 6.33. The number of amides is 3. The average molecular weight is 431 g/mol. The summed E-state index contributed by atoms with van der Waals surface area (Å²) in [4.78, 5) is 47.9. The van der Waals surface area contributed by atoms with E-state index in [2.05, 4.69) is 16.0 Å². The van der Waals surface area contributed by atoms with Gasteiger partial charge in [-0.1, -0.05) is 12.1 Å². The highest BCUT2D eigenvalue weighted by Gasteiger charge is 2.25. The van der Waals surface area contributed by atoms with Crippen LogP contribution in [0.2, 0.25) is 0 Å². The Bertz CT molecular complexity index is 1020. The summed E-state index contributed by atoms with van der Waals surface area (Å²) in [6.07, 6.45) is 1.83. The molecule has 0 spiro atoms. The number of halogens is 2. The van der Waals surface area contributed by atoms with Gasteiger partial charge in [-0.15, -0.1) is 0 Å². The van der Waals surface area contributed by atoms with E-state index in [1.807, 2.05) is 0 Å². The zero-order valence-corrected chi connectivity index (χ0v) is 16.2. The number of hydrogen-bond acceptors (Lipinski definition) is 5. The molecule has 0 unspecified atom stereocenters. The van der Waals surface area contributed by atoms with Crippen molar-refractivity contribution in [1.82, 2.24) is 10.6 Å². The van der Waals surface area contributed by atoms with E-state index in [1.54, 1.807) is 24.3 Å². The number of hydrogen-bond donors (Lipinski definition) is 3. The number of para-hydroxylation sites is 1. The van der Waals surface area contributed by atoms with Crippen LogP contribution in [-0.2, 0) is 14.3 Å². The number of carbonyl (C=O) groups is 4. The molecule has 3 N–H and O–H groups in total. The Morgan fingerprint density at radius 1 is 0.968 bits per heavy atom. The minimum absolute atomic E-state index is 0.149. The zero-order chi connectivity index (χ0) is 22.4. The Morgan fingerprint density at radius 3 is 2.42 bits per heavy atom. The molecule has 0 aliphatic heterocycles. The van der Waals surface area contributed by atoms with Gasteiger partial charge >= 0.3 is 5.97 Å². The number of benzene rings is 2. The third-order valence-electron chi connectivity index (χ3n) is 4.29. The first kappa shape index (κ1) is 21.9. The summed E-state index contributed by atoms with van der Waals surface area (Å²) in [7, 11) is 0. The van der Waals surface area contributed by atoms with Crippen LogP contribution >= 0.6 is 0 Å². The smallest absolute Gasteiger partial charge is 0.325 e. The maximum atomic E-state index is 13.6. The van der Waals surface area contributed by atoms with Crippen molar-refractivity contribution in [2.45, 2.75) is 18.9 Å². The van der Waals surface area contributed by atoms with Crippen molar-refractivity contribution in [2.24, 2.45) is 0 Å². The van der Waals surface area contributed by atoms with Gasteiger partial charge < -0.3 is 20.7 Å². The minimum Gasteiger partial charge on any atom is -0.454 e. The van der Waals surface area contributed by atoms with Gasteiger partial charge in [0.25, 0.3) is 17.7 Å². The van der Waals surface area contributed by atoms with Crippen LogP contribution < -0.4 is 16.0 Å². The molecule has 8 nitrogen and oxygen atoms in total. The van der Waals surface area contributed by atoms with Crippen LogP contribution in [0.15, 0.2) is 42.5 Å². The second-order valence-corrected chi connectivity index (χ2v) is 6.81. The highest BCUT2D eigenvalue weighted by atomic mass is 19.1. The number of nitrogens with one attached hydrogen (secondary N) is 3. The molecule has 2 aromatic rings. The largest absolute Gasteiger partial charge is 0.454 e. The van der Waals surface area contributed by atoms with Gasteiger partial charge in [0.2, 0.25) is 0 Å². The number of anilines is 1. The topological polar surface area (TPSA) is 114 Å². The fourth-order valence-corrected chi connectivity index (χ4v) is 2.59. The molecule has 1 fully saturated rings. The van der Waals surface area contributed by atoms with Crippen molar-refractivity contribution >= 4 is 29.4 Å². The Labute approximate surface area is 176 Å². The molecule has 0 bridgehead atoms. The van der Waals surface area contributed by atoms with Gasteiger partial charge in [0.1, 0.15) is 18.2 Å². The van der Waals surface area contributed by atoms with E-state index in [0.29, 0.717) is 6.07 Å². The first-order chi connectivity index (χ1) is 14.8. The maximum Gasteiger partial charge on any atom is 0.325 e. The molecule has 1 saturated carbocycles. The fraction of sp³-hybridized carbons (Fsp3) is 0.238. The van der Waals surface area contributed by atoms with E-state index in [0.717, 1.165) is 25.0 Å². The molecular weight excluding hydrogens is 412 g/mol. The molecule has 0 atom stereocenters. The highest BCUT2D eigenvalue weighted by Crippen LogP contribution is 2.21. The van der Waals surface area contributed by atoms with Gasteiger partial charge in [-0.3, -0.25) is 19.2 Å². The molecule has 2 aromatic carbocycles. The molecule has 0 heterocycles. The van der Waals surface area contributed by atoms with Crippen LogP contribution in [0.25, 0.3) is 0 Å². The lowest BCUT2D eigenvalue weighted by Crippen LogP contribution is -2.33. The van der Waals surface area contributed by atoms with Gasteiger partial charge in [0, 0.05) is 12.1 Å². The average Bonchev–Trinajstić information content (AvgIpc) is 3.54. The van der Waals surface area contributed by atoms with Crippen LogP contribution in [0.5, 0.6) is 0 Å². The van der Waals surface area contributed by atoms with Crippen molar-refractivity contribution in [3.05, 3.63) is 65.2 Å². The van der Waals surface area contributed by atoms with Crippen LogP contribution in [0.1, 0.15) is 33.6 Å². The molecule has 162 valence electrons. The van der Waals surface area contributed by atoms with E-state index in [1.165, 1.54) is 0 Å². The summed E-state index contributed by atoms with van der Waals surface area (Å²) in [6.45, 7) is -1.28. The van der Waals surface area contributed by atoms with Crippen molar-refractivity contribution < 1.29 is 32.7 Å². The summed E-state index contributed by atoms with van der Waals surface area (Å²) in [6, 6.07) is 8.93. The monoisotopic (exact) mass is 431 g/mol. The molecule has 31 heavy (non-hydrogen) atoms. The molecule has 0 saturated heterocycles. The molecule has 1 aliphatic carbocycles. The Balaban J connectivity index is 1.46. The third-order valence-corrected chi connectivity index (χ3v) is 4.29. The summed E-state index contributed by atoms with van der Waals surface area (Å²) in [5, 5.41) is 7.43. The van der Waals surface area contributed by atoms with E-state index < -0.39 is 48.1 Å². The number of esters is 1. The van der Waals surface area contributed by atoms with E-state index >= 15 is 0 Å². The second kappa shape index (κ2) is 9.79.